The Morgan fingerprint density at radius 3 is 2.48 bits per heavy atom. The van der Waals surface area contributed by atoms with Crippen LogP contribution in [-0.2, 0) is 20.7 Å². The lowest BCUT2D eigenvalue weighted by Crippen LogP contribution is -2.33. The van der Waals surface area contributed by atoms with Crippen LogP contribution in [0.3, 0.4) is 0 Å². The van der Waals surface area contributed by atoms with E-state index in [1.165, 1.54) is 7.11 Å². The third-order valence-corrected chi connectivity index (χ3v) is 4.71. The molecule has 0 spiro atoms. The summed E-state index contributed by atoms with van der Waals surface area (Å²) in [4.78, 5) is 24.5. The Kier molecular flexibility index (Phi) is 8.17. The number of carbonyl (C=O) groups excluding carboxylic acids is 2. The van der Waals surface area contributed by atoms with Gasteiger partial charge in [0.15, 0.2) is 11.5 Å². The van der Waals surface area contributed by atoms with Gasteiger partial charge in [0.2, 0.25) is 5.75 Å². The van der Waals surface area contributed by atoms with Crippen molar-refractivity contribution in [1.82, 2.24) is 0 Å². The average molecular weight is 408 g/mol. The molecule has 1 aliphatic rings. The second kappa shape index (κ2) is 10.4. The zero-order valence-corrected chi connectivity index (χ0v) is 18.2. The molecule has 0 fully saturated rings. The van der Waals surface area contributed by atoms with Gasteiger partial charge in [0.25, 0.3) is 0 Å². The monoisotopic (exact) mass is 408 g/mol. The average Bonchev–Trinajstić information content (AvgIpc) is 2.67. The summed E-state index contributed by atoms with van der Waals surface area (Å²) in [6.07, 6.45) is 2.07. The summed E-state index contributed by atoms with van der Waals surface area (Å²) in [5, 5.41) is 0. The van der Waals surface area contributed by atoms with Crippen molar-refractivity contribution in [2.24, 2.45) is 0 Å². The molecule has 162 valence electrons. The first-order valence-corrected chi connectivity index (χ1v) is 10.2. The SMILES string of the molecule is CCC[C@@H](C[C@@H]1Cc2cc(OC)c(OC(C)C)c(OC)c2C(=O)O1)OC(=O)CC. The van der Waals surface area contributed by atoms with E-state index in [9.17, 15) is 9.59 Å². The van der Waals surface area contributed by atoms with Gasteiger partial charge < -0.3 is 23.7 Å². The van der Waals surface area contributed by atoms with E-state index in [4.69, 9.17) is 23.7 Å². The van der Waals surface area contributed by atoms with Gasteiger partial charge in [0.1, 0.15) is 17.8 Å². The third kappa shape index (κ3) is 5.55. The minimum atomic E-state index is -0.471. The van der Waals surface area contributed by atoms with Crippen LogP contribution < -0.4 is 14.2 Å². The van der Waals surface area contributed by atoms with E-state index in [1.807, 2.05) is 20.8 Å². The van der Waals surface area contributed by atoms with Crippen molar-refractivity contribution < 1.29 is 33.3 Å². The normalized spacial score (nSPS) is 16.7. The summed E-state index contributed by atoms with van der Waals surface area (Å²) in [5.74, 6) is 0.496. The lowest BCUT2D eigenvalue weighted by Gasteiger charge is -2.30. The molecule has 1 heterocycles. The molecular formula is C22H32O7. The van der Waals surface area contributed by atoms with Crippen LogP contribution in [0.2, 0.25) is 0 Å². The fourth-order valence-electron chi connectivity index (χ4n) is 3.48. The number of benzene rings is 1. The molecule has 1 aromatic rings. The van der Waals surface area contributed by atoms with Gasteiger partial charge in [-0.05, 0) is 31.9 Å². The summed E-state index contributed by atoms with van der Waals surface area (Å²) in [6, 6.07) is 1.80. The summed E-state index contributed by atoms with van der Waals surface area (Å²) < 4.78 is 28.0. The van der Waals surface area contributed by atoms with Crippen LogP contribution in [0.4, 0.5) is 0 Å². The molecule has 0 saturated carbocycles. The van der Waals surface area contributed by atoms with Crippen LogP contribution in [0.15, 0.2) is 6.07 Å². The molecule has 0 bridgehead atoms. The molecule has 1 aromatic carbocycles. The van der Waals surface area contributed by atoms with Crippen LogP contribution in [-0.4, -0.2) is 44.5 Å². The number of rotatable bonds is 10. The summed E-state index contributed by atoms with van der Waals surface area (Å²) in [7, 11) is 3.04. The number of fused-ring (bicyclic) bond motifs is 1. The van der Waals surface area contributed by atoms with Gasteiger partial charge in [-0.25, -0.2) is 4.79 Å². The molecule has 0 aliphatic carbocycles. The highest BCUT2D eigenvalue weighted by molar-refractivity contribution is 5.97. The zero-order valence-electron chi connectivity index (χ0n) is 18.2. The molecule has 0 radical (unpaired) electrons. The van der Waals surface area contributed by atoms with Gasteiger partial charge in [-0.15, -0.1) is 0 Å². The highest BCUT2D eigenvalue weighted by Crippen LogP contribution is 2.45. The molecular weight excluding hydrogens is 376 g/mol. The van der Waals surface area contributed by atoms with E-state index in [2.05, 4.69) is 0 Å². The first-order valence-electron chi connectivity index (χ1n) is 10.2. The Morgan fingerprint density at radius 2 is 1.93 bits per heavy atom. The smallest absolute Gasteiger partial charge is 0.342 e. The van der Waals surface area contributed by atoms with Gasteiger partial charge in [0, 0.05) is 19.3 Å². The van der Waals surface area contributed by atoms with Crippen molar-refractivity contribution in [3.8, 4) is 17.2 Å². The number of ether oxygens (including phenoxy) is 5. The van der Waals surface area contributed by atoms with E-state index in [-0.39, 0.29) is 24.3 Å². The first-order chi connectivity index (χ1) is 13.8. The number of methoxy groups -OCH3 is 2. The maximum absolute atomic E-state index is 12.8. The number of hydrogen-bond donors (Lipinski definition) is 0. The quantitative estimate of drug-likeness (QED) is 0.540. The fourth-order valence-corrected chi connectivity index (χ4v) is 3.48. The van der Waals surface area contributed by atoms with Gasteiger partial charge in [-0.2, -0.15) is 0 Å². The molecule has 1 aliphatic heterocycles. The molecule has 7 nitrogen and oxygen atoms in total. The van der Waals surface area contributed by atoms with Crippen molar-refractivity contribution in [2.45, 2.75) is 78.1 Å². The second-order valence-corrected chi connectivity index (χ2v) is 7.36. The van der Waals surface area contributed by atoms with Gasteiger partial charge in [0.05, 0.1) is 20.3 Å². The van der Waals surface area contributed by atoms with Crippen LogP contribution in [0.1, 0.15) is 69.3 Å². The maximum Gasteiger partial charge on any atom is 0.342 e. The van der Waals surface area contributed by atoms with Crippen LogP contribution in [0.5, 0.6) is 17.2 Å². The Morgan fingerprint density at radius 1 is 1.21 bits per heavy atom. The molecule has 7 heteroatoms. The number of cyclic esters (lactones) is 1. The third-order valence-electron chi connectivity index (χ3n) is 4.71. The zero-order chi connectivity index (χ0) is 21.6. The number of carbonyl (C=O) groups is 2. The van der Waals surface area contributed by atoms with Gasteiger partial charge in [-0.1, -0.05) is 20.3 Å². The largest absolute Gasteiger partial charge is 0.493 e. The molecule has 0 aromatic heterocycles. The Balaban J connectivity index is 2.32. The molecule has 0 amide bonds. The van der Waals surface area contributed by atoms with E-state index in [1.54, 1.807) is 20.1 Å². The predicted octanol–water partition coefficient (Wildman–Crippen LogP) is 4.08. The summed E-state index contributed by atoms with van der Waals surface area (Å²) in [5.41, 5.74) is 1.13. The summed E-state index contributed by atoms with van der Waals surface area (Å²) in [6.45, 7) is 7.56. The van der Waals surface area contributed by atoms with Crippen LogP contribution in [0.25, 0.3) is 0 Å². The maximum atomic E-state index is 12.8. The van der Waals surface area contributed by atoms with E-state index < -0.39 is 5.97 Å². The highest BCUT2D eigenvalue weighted by Gasteiger charge is 2.35. The molecule has 0 unspecified atom stereocenters. The highest BCUT2D eigenvalue weighted by atomic mass is 16.6. The Bertz CT molecular complexity index is 726. The van der Waals surface area contributed by atoms with Crippen LogP contribution >= 0.6 is 0 Å². The summed E-state index contributed by atoms with van der Waals surface area (Å²) >= 11 is 0. The van der Waals surface area contributed by atoms with Crippen LogP contribution in [0, 0.1) is 0 Å². The topological polar surface area (TPSA) is 80.3 Å². The van der Waals surface area contributed by atoms with Crippen molar-refractivity contribution >= 4 is 11.9 Å². The molecule has 29 heavy (non-hydrogen) atoms. The van der Waals surface area contributed by atoms with E-state index >= 15 is 0 Å². The van der Waals surface area contributed by atoms with Crippen molar-refractivity contribution in [1.29, 1.82) is 0 Å². The van der Waals surface area contributed by atoms with Gasteiger partial charge >= 0.3 is 11.9 Å². The van der Waals surface area contributed by atoms with Crippen molar-refractivity contribution in [3.05, 3.63) is 17.2 Å². The predicted molar refractivity (Wildman–Crippen MR) is 108 cm³/mol. The van der Waals surface area contributed by atoms with Crippen molar-refractivity contribution in [2.75, 3.05) is 14.2 Å². The van der Waals surface area contributed by atoms with Crippen molar-refractivity contribution in [3.63, 3.8) is 0 Å². The molecule has 0 N–H and O–H groups in total. The molecule has 2 atom stereocenters. The molecule has 2 rings (SSSR count). The van der Waals surface area contributed by atoms with E-state index in [0.29, 0.717) is 42.1 Å². The second-order valence-electron chi connectivity index (χ2n) is 7.36. The fraction of sp³-hybridized carbons (Fsp3) is 0.636. The number of hydrogen-bond acceptors (Lipinski definition) is 7. The Labute approximate surface area is 172 Å². The first kappa shape index (κ1) is 22.8. The minimum Gasteiger partial charge on any atom is -0.493 e. The minimum absolute atomic E-state index is 0.119. The standard InChI is InChI=1S/C22H32O7/c1-7-9-15(28-18(23)8-2)12-16-10-14-11-17(25-5)20(27-13(3)4)21(26-6)19(14)22(24)29-16/h11,13,15-16H,7-10,12H2,1-6H3/t15-,16-/m0/s1. The Hall–Kier alpha value is -2.44. The lowest BCUT2D eigenvalue weighted by atomic mass is 9.93. The number of esters is 2. The van der Waals surface area contributed by atoms with E-state index in [0.717, 1.165) is 18.4 Å². The lowest BCUT2D eigenvalue weighted by molar-refractivity contribution is -0.150. The molecule has 0 saturated heterocycles. The van der Waals surface area contributed by atoms with Gasteiger partial charge in [-0.3, -0.25) is 4.79 Å².